The van der Waals surface area contributed by atoms with Gasteiger partial charge in [-0.05, 0) is 34.7 Å². The monoisotopic (exact) mass is 307 g/mol. The molecule has 1 aromatic carbocycles. The second kappa shape index (κ2) is 3.08. The molecule has 12 heavy (non-hydrogen) atoms. The Hall–Kier alpha value is 0.0600. The van der Waals surface area contributed by atoms with E-state index in [4.69, 9.17) is 5.73 Å². The summed E-state index contributed by atoms with van der Waals surface area (Å²) in [6.07, 6.45) is 0. The number of hydrogen-bond acceptors (Lipinski definition) is 3. The van der Waals surface area contributed by atoms with Crippen LogP contribution in [0.15, 0.2) is 22.4 Å². The maximum absolute atomic E-state index is 5.84. The van der Waals surface area contributed by atoms with Crippen molar-refractivity contribution in [2.75, 3.05) is 5.73 Å². The number of fused-ring (bicyclic) bond motifs is 1. The summed E-state index contributed by atoms with van der Waals surface area (Å²) in [5, 5.41) is 1.15. The molecule has 2 rings (SSSR count). The third kappa shape index (κ3) is 1.22. The summed E-state index contributed by atoms with van der Waals surface area (Å²) in [7, 11) is 0. The van der Waals surface area contributed by atoms with E-state index in [9.17, 15) is 0 Å². The Morgan fingerprint density at radius 1 is 1.42 bits per heavy atom. The lowest BCUT2D eigenvalue weighted by molar-refractivity contribution is 1.68. The first-order valence-electron chi connectivity index (χ1n) is 3.35. The molecule has 1 nitrogen and oxygen atoms in total. The molecule has 0 fully saturated rings. The van der Waals surface area contributed by atoms with Crippen LogP contribution in [0, 0.1) is 3.57 Å². The lowest BCUT2D eigenvalue weighted by Crippen LogP contribution is -1.84. The van der Waals surface area contributed by atoms with Crippen LogP contribution in [0.1, 0.15) is 0 Å². The molecule has 1 heterocycles. The Bertz CT molecular complexity index is 436. The number of thiophene rings is 1. The van der Waals surface area contributed by atoms with Crippen LogP contribution < -0.4 is 5.73 Å². The molecule has 0 saturated carbocycles. The minimum absolute atomic E-state index is 0.841. The van der Waals surface area contributed by atoms with Crippen LogP contribution in [0.5, 0.6) is 0 Å². The zero-order valence-electron chi connectivity index (χ0n) is 6.04. The van der Waals surface area contributed by atoms with Crippen molar-refractivity contribution >= 4 is 62.3 Å². The molecule has 0 radical (unpaired) electrons. The summed E-state index contributed by atoms with van der Waals surface area (Å²) in [6.45, 7) is 0. The van der Waals surface area contributed by atoms with E-state index in [1.165, 1.54) is 4.70 Å². The zero-order chi connectivity index (χ0) is 8.72. The van der Waals surface area contributed by atoms with E-state index in [0.29, 0.717) is 0 Å². The van der Waals surface area contributed by atoms with Crippen molar-refractivity contribution in [3.05, 3.63) is 21.8 Å². The molecule has 0 amide bonds. The Morgan fingerprint density at radius 3 is 2.83 bits per heavy atom. The Labute approximate surface area is 93.5 Å². The Balaban J connectivity index is 2.97. The molecule has 1 aromatic heterocycles. The Morgan fingerprint density at radius 2 is 2.17 bits per heavy atom. The number of nitrogens with two attached hydrogens (primary N) is 1. The maximum Gasteiger partial charge on any atom is 0.0715 e. The van der Waals surface area contributed by atoms with Crippen LogP contribution in [0.2, 0.25) is 0 Å². The van der Waals surface area contributed by atoms with Crippen LogP contribution >= 0.6 is 46.6 Å². The molecule has 0 aliphatic carbocycles. The standard InChI is InChI=1S/C8H6INS2/c9-7-6-4(10)2-1-3-5(6)12-8(7)11/h1-3,11H,10H2. The van der Waals surface area contributed by atoms with E-state index >= 15 is 0 Å². The highest BCUT2D eigenvalue weighted by atomic mass is 127. The van der Waals surface area contributed by atoms with Gasteiger partial charge in [-0.2, -0.15) is 0 Å². The van der Waals surface area contributed by atoms with E-state index < -0.39 is 0 Å². The lowest BCUT2D eigenvalue weighted by Gasteiger charge is -1.94. The second-order valence-electron chi connectivity index (χ2n) is 2.44. The molecular weight excluding hydrogens is 301 g/mol. The number of hydrogen-bond donors (Lipinski definition) is 2. The van der Waals surface area contributed by atoms with Crippen molar-refractivity contribution in [1.29, 1.82) is 0 Å². The van der Waals surface area contributed by atoms with Gasteiger partial charge in [0.05, 0.1) is 4.21 Å². The van der Waals surface area contributed by atoms with E-state index in [1.807, 2.05) is 12.1 Å². The predicted octanol–water partition coefficient (Wildman–Crippen LogP) is 3.38. The largest absolute Gasteiger partial charge is 0.398 e. The summed E-state index contributed by atoms with van der Waals surface area (Å²) in [5.41, 5.74) is 6.68. The van der Waals surface area contributed by atoms with Crippen molar-refractivity contribution < 1.29 is 0 Å². The number of halogens is 1. The van der Waals surface area contributed by atoms with Gasteiger partial charge in [0.25, 0.3) is 0 Å². The summed E-state index contributed by atoms with van der Waals surface area (Å²) in [6, 6.07) is 5.96. The first kappa shape index (κ1) is 8.65. The van der Waals surface area contributed by atoms with Gasteiger partial charge in [0, 0.05) is 19.3 Å². The van der Waals surface area contributed by atoms with Crippen molar-refractivity contribution in [3.8, 4) is 0 Å². The van der Waals surface area contributed by atoms with Gasteiger partial charge in [-0.25, -0.2) is 0 Å². The highest BCUT2D eigenvalue weighted by Gasteiger charge is 2.08. The van der Waals surface area contributed by atoms with Crippen LogP contribution in [0.4, 0.5) is 5.69 Å². The second-order valence-corrected chi connectivity index (χ2v) is 5.32. The molecule has 2 aromatic rings. The summed E-state index contributed by atoms with van der Waals surface area (Å²) in [4.78, 5) is 0. The molecule has 0 saturated heterocycles. The fourth-order valence-electron chi connectivity index (χ4n) is 1.12. The molecule has 62 valence electrons. The SMILES string of the molecule is Nc1cccc2sc(S)c(I)c12. The third-order valence-electron chi connectivity index (χ3n) is 1.67. The average molecular weight is 307 g/mol. The van der Waals surface area contributed by atoms with Crippen LogP contribution in [-0.2, 0) is 0 Å². The number of thiol groups is 1. The van der Waals surface area contributed by atoms with Crippen molar-refractivity contribution in [1.82, 2.24) is 0 Å². The van der Waals surface area contributed by atoms with Crippen molar-refractivity contribution in [2.24, 2.45) is 0 Å². The van der Waals surface area contributed by atoms with Gasteiger partial charge in [0.1, 0.15) is 0 Å². The number of benzene rings is 1. The van der Waals surface area contributed by atoms with E-state index in [2.05, 4.69) is 41.3 Å². The molecule has 0 spiro atoms. The molecule has 4 heteroatoms. The zero-order valence-corrected chi connectivity index (χ0v) is 9.91. The maximum atomic E-state index is 5.84. The van der Waals surface area contributed by atoms with Gasteiger partial charge in [-0.15, -0.1) is 24.0 Å². The number of anilines is 1. The van der Waals surface area contributed by atoms with Gasteiger partial charge in [0.15, 0.2) is 0 Å². The lowest BCUT2D eigenvalue weighted by atomic mass is 10.2. The first-order chi connectivity index (χ1) is 5.70. The molecule has 0 unspecified atom stereocenters. The minimum Gasteiger partial charge on any atom is -0.398 e. The highest BCUT2D eigenvalue weighted by molar-refractivity contribution is 14.1. The van der Waals surface area contributed by atoms with Gasteiger partial charge < -0.3 is 5.73 Å². The smallest absolute Gasteiger partial charge is 0.0715 e. The van der Waals surface area contributed by atoms with Crippen molar-refractivity contribution in [2.45, 2.75) is 4.21 Å². The molecule has 0 aliphatic heterocycles. The quantitative estimate of drug-likeness (QED) is 0.435. The molecule has 0 bridgehead atoms. The van der Waals surface area contributed by atoms with Gasteiger partial charge in [-0.3, -0.25) is 0 Å². The van der Waals surface area contributed by atoms with Gasteiger partial charge >= 0.3 is 0 Å². The minimum atomic E-state index is 0.841. The summed E-state index contributed by atoms with van der Waals surface area (Å²) < 4.78 is 3.42. The van der Waals surface area contributed by atoms with Crippen molar-refractivity contribution in [3.63, 3.8) is 0 Å². The van der Waals surface area contributed by atoms with Gasteiger partial charge in [0.2, 0.25) is 0 Å². The van der Waals surface area contributed by atoms with Crippen LogP contribution in [-0.4, -0.2) is 0 Å². The average Bonchev–Trinajstić information content (AvgIpc) is 2.29. The topological polar surface area (TPSA) is 26.0 Å². The number of nitrogen functional groups attached to an aromatic ring is 1. The molecule has 2 N–H and O–H groups in total. The molecule has 0 atom stereocenters. The first-order valence-corrected chi connectivity index (χ1v) is 5.70. The molecule has 0 aliphatic rings. The van der Waals surface area contributed by atoms with E-state index in [0.717, 1.165) is 18.9 Å². The summed E-state index contributed by atoms with van der Waals surface area (Å²) >= 11 is 8.31. The fourth-order valence-corrected chi connectivity index (χ4v) is 3.51. The van der Waals surface area contributed by atoms with Crippen LogP contribution in [0.3, 0.4) is 0 Å². The fraction of sp³-hybridized carbons (Fsp3) is 0. The third-order valence-corrected chi connectivity index (χ3v) is 5.00. The Kier molecular flexibility index (Phi) is 2.22. The predicted molar refractivity (Wildman–Crippen MR) is 66.2 cm³/mol. The number of rotatable bonds is 0. The highest BCUT2D eigenvalue weighted by Crippen LogP contribution is 2.37. The van der Waals surface area contributed by atoms with E-state index in [1.54, 1.807) is 11.3 Å². The van der Waals surface area contributed by atoms with E-state index in [-0.39, 0.29) is 0 Å². The summed E-state index contributed by atoms with van der Waals surface area (Å²) in [5.74, 6) is 0. The normalized spacial score (nSPS) is 10.8. The van der Waals surface area contributed by atoms with Gasteiger partial charge in [-0.1, -0.05) is 6.07 Å². The molecular formula is C8H6INS2. The van der Waals surface area contributed by atoms with Crippen LogP contribution in [0.25, 0.3) is 10.1 Å².